The van der Waals surface area contributed by atoms with Crippen molar-refractivity contribution in [3.05, 3.63) is 61.6 Å². The van der Waals surface area contributed by atoms with Gasteiger partial charge in [0, 0.05) is 31.9 Å². The number of benzene rings is 2. The van der Waals surface area contributed by atoms with Crippen LogP contribution in [0.5, 0.6) is 5.75 Å². The molecule has 2 aromatic rings. The summed E-state index contributed by atoms with van der Waals surface area (Å²) in [6.45, 7) is 4.35. The summed E-state index contributed by atoms with van der Waals surface area (Å²) in [4.78, 5) is 28.5. The van der Waals surface area contributed by atoms with Crippen molar-refractivity contribution in [3.63, 3.8) is 0 Å². The Bertz CT molecular complexity index is 1050. The number of rotatable bonds is 7. The van der Waals surface area contributed by atoms with Gasteiger partial charge in [-0.1, -0.05) is 18.2 Å². The molecular weight excluding hydrogens is 601 g/mol. The molecule has 0 unspecified atom stereocenters. The van der Waals surface area contributed by atoms with Crippen LogP contribution in [0, 0.1) is 14.9 Å². The molecule has 0 radical (unpaired) electrons. The number of anilines is 1. The van der Waals surface area contributed by atoms with E-state index in [1.165, 1.54) is 0 Å². The van der Waals surface area contributed by atoms with E-state index in [2.05, 4.69) is 55.6 Å². The van der Waals surface area contributed by atoms with E-state index in [-0.39, 0.29) is 24.7 Å². The molecule has 3 rings (SSSR count). The molecule has 0 atom stereocenters. The Hall–Kier alpha value is -2.58. The molecule has 0 spiro atoms. The predicted octanol–water partition coefficient (Wildman–Crippen LogP) is 4.25. The van der Waals surface area contributed by atoms with Crippen molar-refractivity contribution in [2.75, 3.05) is 44.3 Å². The minimum atomic E-state index is -0.450. The van der Waals surface area contributed by atoms with E-state index in [1.807, 2.05) is 24.3 Å². The second kappa shape index (κ2) is 12.0. The van der Waals surface area contributed by atoms with Gasteiger partial charge in [0.15, 0.2) is 6.61 Å². The Morgan fingerprint density at radius 3 is 2.48 bits per heavy atom. The van der Waals surface area contributed by atoms with Crippen LogP contribution in [0.15, 0.2) is 52.5 Å². The lowest BCUT2D eigenvalue weighted by Crippen LogP contribution is -2.49. The molecule has 1 aliphatic rings. The van der Waals surface area contributed by atoms with Gasteiger partial charge in [0.2, 0.25) is 0 Å². The van der Waals surface area contributed by atoms with Crippen LogP contribution < -0.4 is 9.64 Å². The molecule has 1 heterocycles. The highest BCUT2D eigenvalue weighted by atomic mass is 127. The van der Waals surface area contributed by atoms with Crippen LogP contribution in [0.2, 0.25) is 0 Å². The number of hydrogen-bond acceptors (Lipinski definition) is 6. The summed E-state index contributed by atoms with van der Waals surface area (Å²) in [5.41, 5.74) is 1.89. The maximum absolute atomic E-state index is 13.0. The number of para-hydroxylation sites is 1. The highest BCUT2D eigenvalue weighted by molar-refractivity contribution is 14.1. The van der Waals surface area contributed by atoms with E-state index in [0.29, 0.717) is 42.0 Å². The average molecular weight is 624 g/mol. The Morgan fingerprint density at radius 1 is 1.18 bits per heavy atom. The van der Waals surface area contributed by atoms with Crippen LogP contribution >= 0.6 is 38.5 Å². The van der Waals surface area contributed by atoms with Crippen LogP contribution in [0.4, 0.5) is 5.69 Å². The maximum Gasteiger partial charge on any atom is 0.344 e. The third kappa shape index (κ3) is 6.71. The van der Waals surface area contributed by atoms with E-state index in [0.717, 1.165) is 9.26 Å². The van der Waals surface area contributed by atoms with Gasteiger partial charge < -0.3 is 19.3 Å². The van der Waals surface area contributed by atoms with Crippen molar-refractivity contribution >= 4 is 62.2 Å². The largest absolute Gasteiger partial charge is 0.480 e. The summed E-state index contributed by atoms with van der Waals surface area (Å²) in [7, 11) is 0. The van der Waals surface area contributed by atoms with Crippen LogP contribution in [0.1, 0.15) is 12.5 Å². The summed E-state index contributed by atoms with van der Waals surface area (Å²) >= 11 is 5.53. The van der Waals surface area contributed by atoms with Gasteiger partial charge in [-0.15, -0.1) is 0 Å². The first-order chi connectivity index (χ1) is 15.9. The standard InChI is InChI=1S/C24H23BrIN3O4/c1-2-32-22(30)16-33-23-20(25)13-17(14-21(23)26)12-18(15-27)24(31)29-10-8-28(9-11-29)19-6-4-3-5-7-19/h3-7,12-14H,2,8-11,16H2,1H3/b18-12-. The van der Waals surface area contributed by atoms with Crippen LogP contribution in [-0.2, 0) is 14.3 Å². The average Bonchev–Trinajstić information content (AvgIpc) is 2.82. The Balaban J connectivity index is 1.68. The molecule has 1 amide bonds. The van der Waals surface area contributed by atoms with Crippen LogP contribution in [0.3, 0.4) is 0 Å². The number of hydrogen-bond donors (Lipinski definition) is 0. The van der Waals surface area contributed by atoms with Gasteiger partial charge in [-0.2, -0.15) is 5.26 Å². The maximum atomic E-state index is 13.0. The summed E-state index contributed by atoms with van der Waals surface area (Å²) in [6.07, 6.45) is 1.58. The number of piperazine rings is 1. The van der Waals surface area contributed by atoms with Crippen LogP contribution in [0.25, 0.3) is 6.08 Å². The molecular formula is C24H23BrIN3O4. The highest BCUT2D eigenvalue weighted by Gasteiger charge is 2.24. The van der Waals surface area contributed by atoms with E-state index in [1.54, 1.807) is 30.0 Å². The molecule has 1 saturated heterocycles. The second-order valence-corrected chi connectivity index (χ2v) is 9.21. The van der Waals surface area contributed by atoms with E-state index in [4.69, 9.17) is 9.47 Å². The van der Waals surface area contributed by atoms with Crippen molar-refractivity contribution in [2.24, 2.45) is 0 Å². The van der Waals surface area contributed by atoms with Crippen molar-refractivity contribution in [2.45, 2.75) is 6.92 Å². The summed E-state index contributed by atoms with van der Waals surface area (Å²) in [5.74, 6) is -0.226. The Labute approximate surface area is 215 Å². The van der Waals surface area contributed by atoms with Crippen molar-refractivity contribution in [1.29, 1.82) is 5.26 Å². The van der Waals surface area contributed by atoms with Gasteiger partial charge >= 0.3 is 5.97 Å². The fourth-order valence-electron chi connectivity index (χ4n) is 3.42. The molecule has 33 heavy (non-hydrogen) atoms. The van der Waals surface area contributed by atoms with Crippen molar-refractivity contribution in [1.82, 2.24) is 4.90 Å². The number of halogens is 2. The first-order valence-electron chi connectivity index (χ1n) is 10.4. The normalized spacial score (nSPS) is 13.9. The molecule has 0 aliphatic carbocycles. The zero-order valence-corrected chi connectivity index (χ0v) is 21.8. The number of carbonyl (C=O) groups is 2. The molecule has 0 N–H and O–H groups in total. The number of esters is 1. The third-order valence-corrected chi connectivity index (χ3v) is 6.40. The smallest absolute Gasteiger partial charge is 0.344 e. The zero-order valence-electron chi connectivity index (χ0n) is 18.1. The van der Waals surface area contributed by atoms with Gasteiger partial charge in [0.25, 0.3) is 5.91 Å². The molecule has 0 saturated carbocycles. The fourth-order valence-corrected chi connectivity index (χ4v) is 5.19. The third-order valence-electron chi connectivity index (χ3n) is 5.01. The Morgan fingerprint density at radius 2 is 1.88 bits per heavy atom. The quantitative estimate of drug-likeness (QED) is 0.199. The molecule has 1 aliphatic heterocycles. The first-order valence-corrected chi connectivity index (χ1v) is 12.3. The van der Waals surface area contributed by atoms with Gasteiger partial charge in [-0.3, -0.25) is 4.79 Å². The van der Waals surface area contributed by atoms with Crippen LogP contribution in [-0.4, -0.2) is 56.2 Å². The summed E-state index contributed by atoms with van der Waals surface area (Å²) in [5, 5.41) is 9.64. The van der Waals surface area contributed by atoms with E-state index < -0.39 is 5.97 Å². The lowest BCUT2D eigenvalue weighted by Gasteiger charge is -2.36. The van der Waals surface area contributed by atoms with Gasteiger partial charge in [-0.05, 0) is 81.3 Å². The van der Waals surface area contributed by atoms with Crippen molar-refractivity contribution < 1.29 is 19.1 Å². The Kier molecular flexibility index (Phi) is 9.14. The number of amides is 1. The molecule has 2 aromatic carbocycles. The topological polar surface area (TPSA) is 82.9 Å². The van der Waals surface area contributed by atoms with Gasteiger partial charge in [0.05, 0.1) is 14.6 Å². The molecule has 172 valence electrons. The van der Waals surface area contributed by atoms with Gasteiger partial charge in [0.1, 0.15) is 17.4 Å². The summed E-state index contributed by atoms with van der Waals surface area (Å²) in [6, 6.07) is 15.7. The number of carbonyl (C=O) groups excluding carboxylic acids is 2. The number of nitrogens with zero attached hydrogens (tertiary/aromatic N) is 3. The lowest BCUT2D eigenvalue weighted by atomic mass is 10.1. The van der Waals surface area contributed by atoms with Gasteiger partial charge in [-0.25, -0.2) is 4.79 Å². The predicted molar refractivity (Wildman–Crippen MR) is 138 cm³/mol. The zero-order chi connectivity index (χ0) is 23.8. The molecule has 7 nitrogen and oxygen atoms in total. The van der Waals surface area contributed by atoms with E-state index >= 15 is 0 Å². The highest BCUT2D eigenvalue weighted by Crippen LogP contribution is 2.33. The second-order valence-electron chi connectivity index (χ2n) is 7.19. The monoisotopic (exact) mass is 623 g/mol. The number of ether oxygens (including phenoxy) is 2. The molecule has 0 aromatic heterocycles. The molecule has 0 bridgehead atoms. The summed E-state index contributed by atoms with van der Waals surface area (Å²) < 4.78 is 11.8. The molecule has 9 heteroatoms. The first kappa shape index (κ1) is 25.1. The fraction of sp³-hybridized carbons (Fsp3) is 0.292. The lowest BCUT2D eigenvalue weighted by molar-refractivity contribution is -0.145. The SMILES string of the molecule is CCOC(=O)COc1c(Br)cc(/C=C(/C#N)C(=O)N2CCN(c3ccccc3)CC2)cc1I. The minimum absolute atomic E-state index is 0.0750. The van der Waals surface area contributed by atoms with E-state index in [9.17, 15) is 14.9 Å². The molecule has 1 fully saturated rings. The number of nitriles is 1. The van der Waals surface area contributed by atoms with Crippen molar-refractivity contribution in [3.8, 4) is 11.8 Å². The minimum Gasteiger partial charge on any atom is -0.480 e.